The number of halogens is 1. The summed E-state index contributed by atoms with van der Waals surface area (Å²) in [5.74, 6) is 0.406. The number of pyridine rings is 2. The topological polar surface area (TPSA) is 72.7 Å². The predicted octanol–water partition coefficient (Wildman–Crippen LogP) is 5.40. The van der Waals surface area contributed by atoms with Gasteiger partial charge in [0.1, 0.15) is 5.82 Å². The second-order valence-corrected chi connectivity index (χ2v) is 9.90. The van der Waals surface area contributed by atoms with Crippen molar-refractivity contribution in [2.24, 2.45) is 11.3 Å². The third-order valence-electron chi connectivity index (χ3n) is 6.34. The van der Waals surface area contributed by atoms with Crippen molar-refractivity contribution in [3.8, 4) is 11.1 Å². The summed E-state index contributed by atoms with van der Waals surface area (Å²) < 4.78 is 2.05. The van der Waals surface area contributed by atoms with Gasteiger partial charge in [-0.1, -0.05) is 37.6 Å². The lowest BCUT2D eigenvalue weighted by atomic mass is 9.85. The van der Waals surface area contributed by atoms with E-state index in [1.165, 1.54) is 11.3 Å². The van der Waals surface area contributed by atoms with Crippen LogP contribution >= 0.6 is 11.6 Å². The second kappa shape index (κ2) is 8.17. The normalized spacial score (nSPS) is 19.3. The average Bonchev–Trinajstić information content (AvgIpc) is 3.30. The fraction of sp³-hybridized carbons (Fsp3) is 0.360. The number of aromatic nitrogens is 4. The number of amides is 1. The number of rotatable bonds is 4. The summed E-state index contributed by atoms with van der Waals surface area (Å²) in [6.45, 7) is 5.37. The van der Waals surface area contributed by atoms with Crippen LogP contribution in [-0.2, 0) is 17.8 Å². The van der Waals surface area contributed by atoms with E-state index in [0.717, 1.165) is 42.5 Å². The summed E-state index contributed by atoms with van der Waals surface area (Å²) in [5.41, 5.74) is 5.48. The van der Waals surface area contributed by atoms with Crippen molar-refractivity contribution in [1.82, 2.24) is 19.7 Å². The van der Waals surface area contributed by atoms with Crippen LogP contribution in [0.3, 0.4) is 0 Å². The molecular formula is C25H26ClN5O. The summed E-state index contributed by atoms with van der Waals surface area (Å²) in [5, 5.41) is 8.13. The Kier molecular flexibility index (Phi) is 5.33. The van der Waals surface area contributed by atoms with Crippen molar-refractivity contribution < 1.29 is 4.79 Å². The van der Waals surface area contributed by atoms with E-state index in [-0.39, 0.29) is 17.2 Å². The molecule has 1 atom stereocenters. The monoisotopic (exact) mass is 447 g/mol. The van der Waals surface area contributed by atoms with Crippen LogP contribution in [0.25, 0.3) is 16.7 Å². The van der Waals surface area contributed by atoms with Gasteiger partial charge in [-0.2, -0.15) is 5.10 Å². The molecule has 32 heavy (non-hydrogen) atoms. The van der Waals surface area contributed by atoms with Gasteiger partial charge < -0.3 is 5.32 Å². The van der Waals surface area contributed by atoms with E-state index in [2.05, 4.69) is 45.0 Å². The molecule has 7 heteroatoms. The highest BCUT2D eigenvalue weighted by molar-refractivity contribution is 6.33. The molecule has 0 saturated carbocycles. The number of carbonyl (C=O) groups excluding carboxylic acids is 1. The lowest BCUT2D eigenvalue weighted by Crippen LogP contribution is -2.25. The Hall–Kier alpha value is -2.99. The minimum atomic E-state index is -0.0997. The first-order valence-electron chi connectivity index (χ1n) is 11.0. The van der Waals surface area contributed by atoms with Gasteiger partial charge in [0.05, 0.1) is 11.2 Å². The maximum absolute atomic E-state index is 13.1. The third kappa shape index (κ3) is 4.07. The van der Waals surface area contributed by atoms with E-state index in [1.54, 1.807) is 12.4 Å². The zero-order valence-electron chi connectivity index (χ0n) is 18.3. The van der Waals surface area contributed by atoms with E-state index in [0.29, 0.717) is 17.3 Å². The van der Waals surface area contributed by atoms with Gasteiger partial charge >= 0.3 is 0 Å². The van der Waals surface area contributed by atoms with Crippen LogP contribution in [0.1, 0.15) is 44.4 Å². The van der Waals surface area contributed by atoms with E-state index < -0.39 is 0 Å². The molecule has 1 N–H and O–H groups in total. The highest BCUT2D eigenvalue weighted by Gasteiger charge is 2.32. The summed E-state index contributed by atoms with van der Waals surface area (Å²) in [7, 11) is 0. The fourth-order valence-electron chi connectivity index (χ4n) is 4.74. The lowest BCUT2D eigenvalue weighted by Gasteiger charge is -2.22. The lowest BCUT2D eigenvalue weighted by molar-refractivity contribution is -0.120. The predicted molar refractivity (Wildman–Crippen MR) is 126 cm³/mol. The molecule has 0 spiro atoms. The van der Waals surface area contributed by atoms with Crippen LogP contribution in [0.2, 0.25) is 5.02 Å². The van der Waals surface area contributed by atoms with E-state index in [1.807, 2.05) is 30.6 Å². The molecule has 1 aliphatic carbocycles. The van der Waals surface area contributed by atoms with Crippen LogP contribution in [0, 0.1) is 11.3 Å². The number of anilines is 1. The number of hydrogen-bond acceptors (Lipinski definition) is 4. The molecule has 164 valence electrons. The maximum atomic E-state index is 13.1. The van der Waals surface area contributed by atoms with Crippen LogP contribution in [-0.4, -0.2) is 25.7 Å². The SMILES string of the molecule is CC1(C)Cc2c(-c3cc(NC(=O)[C@H]4CCC=C(c5cccnc5)C4)ncc3Cl)cnn2C1. The highest BCUT2D eigenvalue weighted by Crippen LogP contribution is 2.39. The van der Waals surface area contributed by atoms with Crippen molar-refractivity contribution in [1.29, 1.82) is 0 Å². The molecule has 0 radical (unpaired) electrons. The molecule has 6 nitrogen and oxygen atoms in total. The molecule has 0 aromatic carbocycles. The molecule has 3 aromatic heterocycles. The zero-order chi connectivity index (χ0) is 22.3. The van der Waals surface area contributed by atoms with Crippen molar-refractivity contribution in [3.63, 3.8) is 0 Å². The smallest absolute Gasteiger partial charge is 0.228 e. The highest BCUT2D eigenvalue weighted by atomic mass is 35.5. The Morgan fingerprint density at radius 1 is 1.25 bits per heavy atom. The maximum Gasteiger partial charge on any atom is 0.228 e. The fourth-order valence-corrected chi connectivity index (χ4v) is 4.94. The molecule has 5 rings (SSSR count). The van der Waals surface area contributed by atoms with E-state index in [9.17, 15) is 4.79 Å². The standard InChI is InChI=1S/C25H26ClN5O/c1-25(2)11-22-20(13-29-31(22)15-25)19-10-23(28-14-21(19)26)30-24(32)17-6-3-5-16(9-17)18-7-4-8-27-12-18/h4-5,7-8,10,12-14,17H,3,6,9,11,15H2,1-2H3,(H,28,30,32)/t17-/m0/s1. The summed E-state index contributed by atoms with van der Waals surface area (Å²) in [4.78, 5) is 21.6. The number of nitrogens with zero attached hydrogens (tertiary/aromatic N) is 4. The van der Waals surface area contributed by atoms with Crippen molar-refractivity contribution in [3.05, 3.63) is 65.3 Å². The summed E-state index contributed by atoms with van der Waals surface area (Å²) in [6.07, 6.45) is 12.6. The van der Waals surface area contributed by atoms with Crippen molar-refractivity contribution in [2.75, 3.05) is 5.32 Å². The van der Waals surface area contributed by atoms with Crippen molar-refractivity contribution in [2.45, 2.75) is 46.1 Å². The molecular weight excluding hydrogens is 422 g/mol. The first kappa shape index (κ1) is 20.9. The summed E-state index contributed by atoms with van der Waals surface area (Å²) in [6, 6.07) is 5.83. The first-order valence-corrected chi connectivity index (χ1v) is 11.4. The minimum Gasteiger partial charge on any atom is -0.310 e. The Morgan fingerprint density at radius 3 is 2.94 bits per heavy atom. The largest absolute Gasteiger partial charge is 0.310 e. The van der Waals surface area contributed by atoms with Gasteiger partial charge in [0, 0.05) is 47.9 Å². The van der Waals surface area contributed by atoms with Gasteiger partial charge in [0.2, 0.25) is 5.91 Å². The Labute approximate surface area is 192 Å². The molecule has 4 heterocycles. The quantitative estimate of drug-likeness (QED) is 0.581. The molecule has 3 aromatic rings. The van der Waals surface area contributed by atoms with Gasteiger partial charge in [-0.3, -0.25) is 14.5 Å². The van der Waals surface area contributed by atoms with Gasteiger partial charge in [0.15, 0.2) is 0 Å². The third-order valence-corrected chi connectivity index (χ3v) is 6.65. The summed E-state index contributed by atoms with van der Waals surface area (Å²) >= 11 is 6.51. The average molecular weight is 448 g/mol. The molecule has 1 aliphatic heterocycles. The van der Waals surface area contributed by atoms with Crippen molar-refractivity contribution >= 4 is 28.9 Å². The Morgan fingerprint density at radius 2 is 2.12 bits per heavy atom. The van der Waals surface area contributed by atoms with Gasteiger partial charge in [-0.15, -0.1) is 0 Å². The molecule has 0 fully saturated rings. The van der Waals surface area contributed by atoms with Crippen LogP contribution in [0.15, 0.2) is 49.1 Å². The number of hydrogen-bond donors (Lipinski definition) is 1. The Bertz CT molecular complexity index is 1200. The van der Waals surface area contributed by atoms with Crippen LogP contribution in [0.5, 0.6) is 0 Å². The Balaban J connectivity index is 1.34. The number of fused-ring (bicyclic) bond motifs is 1. The second-order valence-electron chi connectivity index (χ2n) is 9.49. The molecule has 0 saturated heterocycles. The van der Waals surface area contributed by atoms with Crippen LogP contribution < -0.4 is 5.32 Å². The molecule has 2 aliphatic rings. The van der Waals surface area contributed by atoms with E-state index >= 15 is 0 Å². The number of nitrogens with one attached hydrogen (secondary N) is 1. The molecule has 0 unspecified atom stereocenters. The van der Waals surface area contributed by atoms with Gasteiger partial charge in [0.25, 0.3) is 0 Å². The molecule has 0 bridgehead atoms. The zero-order valence-corrected chi connectivity index (χ0v) is 19.1. The van der Waals surface area contributed by atoms with Gasteiger partial charge in [-0.05, 0) is 54.4 Å². The van der Waals surface area contributed by atoms with Crippen LogP contribution in [0.4, 0.5) is 5.82 Å². The van der Waals surface area contributed by atoms with E-state index in [4.69, 9.17) is 11.6 Å². The first-order chi connectivity index (χ1) is 15.4. The molecule has 1 amide bonds. The number of allylic oxidation sites excluding steroid dienone is 2. The van der Waals surface area contributed by atoms with Gasteiger partial charge in [-0.25, -0.2) is 4.98 Å². The number of carbonyl (C=O) groups is 1. The minimum absolute atomic E-state index is 0.0124.